The summed E-state index contributed by atoms with van der Waals surface area (Å²) in [6, 6.07) is 14.0. The van der Waals surface area contributed by atoms with Crippen molar-refractivity contribution < 1.29 is 14.4 Å². The normalized spacial score (nSPS) is 10.3. The fourth-order valence-corrected chi connectivity index (χ4v) is 1.99. The molecular weight excluding hydrogens is 318 g/mol. The van der Waals surface area contributed by atoms with Crippen molar-refractivity contribution >= 4 is 29.5 Å². The SMILES string of the molecule is CC(=O)Nc1ccc(C(=O)NNC(=O)C=Cc2ccc(C)cc2)cc1. The van der Waals surface area contributed by atoms with Crippen molar-refractivity contribution in [3.63, 3.8) is 0 Å². The van der Waals surface area contributed by atoms with Gasteiger partial charge in [0.25, 0.3) is 11.8 Å². The van der Waals surface area contributed by atoms with Gasteiger partial charge >= 0.3 is 0 Å². The zero-order chi connectivity index (χ0) is 18.2. The smallest absolute Gasteiger partial charge is 0.269 e. The minimum atomic E-state index is -0.452. The second-order valence-corrected chi connectivity index (χ2v) is 5.45. The summed E-state index contributed by atoms with van der Waals surface area (Å²) in [5, 5.41) is 2.61. The maximum atomic E-state index is 12.0. The van der Waals surface area contributed by atoms with Gasteiger partial charge in [-0.05, 0) is 42.8 Å². The molecular formula is C19H19N3O3. The third-order valence-electron chi connectivity index (χ3n) is 3.27. The first-order valence-corrected chi connectivity index (χ1v) is 7.67. The number of benzene rings is 2. The van der Waals surface area contributed by atoms with Crippen LogP contribution in [0.15, 0.2) is 54.6 Å². The van der Waals surface area contributed by atoms with Gasteiger partial charge in [0.1, 0.15) is 0 Å². The number of hydrogen-bond acceptors (Lipinski definition) is 3. The van der Waals surface area contributed by atoms with E-state index in [9.17, 15) is 14.4 Å². The topological polar surface area (TPSA) is 87.3 Å². The Morgan fingerprint density at radius 1 is 0.880 bits per heavy atom. The third-order valence-corrected chi connectivity index (χ3v) is 3.27. The molecule has 0 aliphatic rings. The molecule has 128 valence electrons. The second-order valence-electron chi connectivity index (χ2n) is 5.45. The predicted octanol–water partition coefficient (Wildman–Crippen LogP) is 2.43. The lowest BCUT2D eigenvalue weighted by molar-refractivity contribution is -0.117. The van der Waals surface area contributed by atoms with Gasteiger partial charge in [0, 0.05) is 24.3 Å². The number of nitrogens with one attached hydrogen (secondary N) is 3. The Kier molecular flexibility index (Phi) is 6.06. The molecule has 0 atom stereocenters. The molecule has 3 amide bonds. The molecule has 6 heteroatoms. The van der Waals surface area contributed by atoms with Crippen molar-refractivity contribution in [1.29, 1.82) is 0 Å². The minimum absolute atomic E-state index is 0.190. The van der Waals surface area contributed by atoms with Crippen molar-refractivity contribution in [1.82, 2.24) is 10.9 Å². The average Bonchev–Trinajstić information content (AvgIpc) is 2.59. The van der Waals surface area contributed by atoms with Crippen LogP contribution in [-0.2, 0) is 9.59 Å². The Balaban J connectivity index is 1.85. The van der Waals surface area contributed by atoms with E-state index < -0.39 is 11.8 Å². The maximum Gasteiger partial charge on any atom is 0.269 e. The van der Waals surface area contributed by atoms with Gasteiger partial charge in [-0.2, -0.15) is 0 Å². The zero-order valence-corrected chi connectivity index (χ0v) is 14.0. The van der Waals surface area contributed by atoms with Crippen LogP contribution in [0, 0.1) is 6.92 Å². The first-order chi connectivity index (χ1) is 11.9. The molecule has 0 fully saturated rings. The van der Waals surface area contributed by atoms with Crippen molar-refractivity contribution in [3.8, 4) is 0 Å². The fourth-order valence-electron chi connectivity index (χ4n) is 1.99. The number of rotatable bonds is 4. The second kappa shape index (κ2) is 8.44. The molecule has 0 spiro atoms. The van der Waals surface area contributed by atoms with Crippen LogP contribution in [0.1, 0.15) is 28.4 Å². The molecule has 0 aliphatic carbocycles. The summed E-state index contributed by atoms with van der Waals surface area (Å²) in [4.78, 5) is 34.6. The molecule has 0 aromatic heterocycles. The largest absolute Gasteiger partial charge is 0.326 e. The lowest BCUT2D eigenvalue weighted by Crippen LogP contribution is -2.40. The highest BCUT2D eigenvalue weighted by Crippen LogP contribution is 2.09. The highest BCUT2D eigenvalue weighted by Gasteiger charge is 2.06. The summed E-state index contributed by atoms with van der Waals surface area (Å²) in [5.74, 6) is -1.08. The number of hydrazine groups is 1. The van der Waals surface area contributed by atoms with E-state index in [4.69, 9.17) is 0 Å². The first-order valence-electron chi connectivity index (χ1n) is 7.67. The number of hydrogen-bond donors (Lipinski definition) is 3. The summed E-state index contributed by atoms with van der Waals surface area (Å²) in [5.41, 5.74) is 7.62. The summed E-state index contributed by atoms with van der Waals surface area (Å²) < 4.78 is 0. The van der Waals surface area contributed by atoms with E-state index in [2.05, 4.69) is 16.2 Å². The van der Waals surface area contributed by atoms with Gasteiger partial charge in [-0.15, -0.1) is 0 Å². The van der Waals surface area contributed by atoms with E-state index in [0.29, 0.717) is 11.3 Å². The van der Waals surface area contributed by atoms with Crippen LogP contribution < -0.4 is 16.2 Å². The number of carbonyl (C=O) groups is 3. The first kappa shape index (κ1) is 17.9. The van der Waals surface area contributed by atoms with E-state index >= 15 is 0 Å². The van der Waals surface area contributed by atoms with Gasteiger partial charge in [0.2, 0.25) is 5.91 Å². The molecule has 3 N–H and O–H groups in total. The highest BCUT2D eigenvalue weighted by atomic mass is 16.2. The summed E-state index contributed by atoms with van der Waals surface area (Å²) in [7, 11) is 0. The van der Waals surface area contributed by atoms with Gasteiger partial charge in [-0.25, -0.2) is 0 Å². The molecule has 2 aromatic rings. The Bertz CT molecular complexity index is 794. The quantitative estimate of drug-likeness (QED) is 0.591. The molecule has 2 aromatic carbocycles. The number of carbonyl (C=O) groups excluding carboxylic acids is 3. The standard InChI is InChI=1S/C19H19N3O3/c1-13-3-5-15(6-4-13)7-12-18(24)21-22-19(25)16-8-10-17(11-9-16)20-14(2)23/h3-12H,1-2H3,(H,20,23)(H,21,24)(H,22,25). The number of aryl methyl sites for hydroxylation is 1. The van der Waals surface area contributed by atoms with E-state index in [-0.39, 0.29) is 5.91 Å². The van der Waals surface area contributed by atoms with Crippen LogP contribution in [0.4, 0.5) is 5.69 Å². The van der Waals surface area contributed by atoms with Crippen molar-refractivity contribution in [2.45, 2.75) is 13.8 Å². The fraction of sp³-hybridized carbons (Fsp3) is 0.105. The van der Waals surface area contributed by atoms with Gasteiger partial charge < -0.3 is 5.32 Å². The zero-order valence-electron chi connectivity index (χ0n) is 14.0. The third kappa shape index (κ3) is 5.95. The predicted molar refractivity (Wildman–Crippen MR) is 96.6 cm³/mol. The van der Waals surface area contributed by atoms with E-state index in [1.165, 1.54) is 13.0 Å². The highest BCUT2D eigenvalue weighted by molar-refractivity contribution is 5.98. The molecule has 0 saturated heterocycles. The average molecular weight is 337 g/mol. The Morgan fingerprint density at radius 3 is 2.12 bits per heavy atom. The van der Waals surface area contributed by atoms with E-state index in [0.717, 1.165) is 11.1 Å². The van der Waals surface area contributed by atoms with Gasteiger partial charge in [0.05, 0.1) is 0 Å². The van der Waals surface area contributed by atoms with E-state index in [1.54, 1.807) is 30.3 Å². The molecule has 0 heterocycles. The van der Waals surface area contributed by atoms with Crippen molar-refractivity contribution in [2.75, 3.05) is 5.32 Å². The molecule has 0 bridgehead atoms. The summed E-state index contributed by atoms with van der Waals surface area (Å²) in [6.07, 6.45) is 2.99. The van der Waals surface area contributed by atoms with Crippen LogP contribution in [-0.4, -0.2) is 17.7 Å². The lowest BCUT2D eigenvalue weighted by atomic mass is 10.1. The molecule has 0 unspecified atom stereocenters. The van der Waals surface area contributed by atoms with Gasteiger partial charge in [0.15, 0.2) is 0 Å². The lowest BCUT2D eigenvalue weighted by Gasteiger charge is -2.06. The van der Waals surface area contributed by atoms with Gasteiger partial charge in [-0.3, -0.25) is 25.2 Å². The van der Waals surface area contributed by atoms with Crippen LogP contribution >= 0.6 is 0 Å². The number of amides is 3. The van der Waals surface area contributed by atoms with Crippen LogP contribution in [0.5, 0.6) is 0 Å². The van der Waals surface area contributed by atoms with Crippen LogP contribution in [0.25, 0.3) is 6.08 Å². The molecule has 0 aliphatic heterocycles. The molecule has 0 saturated carbocycles. The summed E-state index contributed by atoms with van der Waals surface area (Å²) >= 11 is 0. The van der Waals surface area contributed by atoms with Crippen LogP contribution in [0.3, 0.4) is 0 Å². The van der Waals surface area contributed by atoms with Gasteiger partial charge in [-0.1, -0.05) is 29.8 Å². The Morgan fingerprint density at radius 2 is 1.52 bits per heavy atom. The molecule has 25 heavy (non-hydrogen) atoms. The summed E-state index contributed by atoms with van der Waals surface area (Å²) in [6.45, 7) is 3.39. The Hall–Kier alpha value is -3.41. The molecule has 6 nitrogen and oxygen atoms in total. The molecule has 0 radical (unpaired) electrons. The number of anilines is 1. The monoisotopic (exact) mass is 337 g/mol. The van der Waals surface area contributed by atoms with Crippen molar-refractivity contribution in [2.24, 2.45) is 0 Å². The van der Waals surface area contributed by atoms with E-state index in [1.807, 2.05) is 31.2 Å². The van der Waals surface area contributed by atoms with Crippen LogP contribution in [0.2, 0.25) is 0 Å². The van der Waals surface area contributed by atoms with Crippen molar-refractivity contribution in [3.05, 3.63) is 71.3 Å². The Labute approximate surface area is 145 Å². The molecule has 2 rings (SSSR count). The maximum absolute atomic E-state index is 12.0. The minimum Gasteiger partial charge on any atom is -0.326 e.